The van der Waals surface area contributed by atoms with Gasteiger partial charge in [-0.2, -0.15) is 0 Å². The third kappa shape index (κ3) is 3.15. The summed E-state index contributed by atoms with van der Waals surface area (Å²) < 4.78 is 0. The molecule has 1 aromatic carbocycles. The average molecular weight is 262 g/mol. The number of hydrogen-bond donors (Lipinski definition) is 4. The molecule has 1 aliphatic heterocycles. The lowest BCUT2D eigenvalue weighted by molar-refractivity contribution is -0.119. The molecule has 2 amide bonds. The number of nitrogens with one attached hydrogen (secondary N) is 3. The smallest absolute Gasteiger partial charge is 0.251 e. The Morgan fingerprint density at radius 1 is 1.53 bits per heavy atom. The molecule has 1 unspecified atom stereocenters. The molecule has 0 saturated carbocycles. The van der Waals surface area contributed by atoms with E-state index in [2.05, 4.69) is 16.0 Å². The van der Waals surface area contributed by atoms with Crippen LogP contribution in [0.1, 0.15) is 23.7 Å². The van der Waals surface area contributed by atoms with Crippen molar-refractivity contribution in [1.29, 1.82) is 0 Å². The second kappa shape index (κ2) is 5.60. The van der Waals surface area contributed by atoms with E-state index in [0.29, 0.717) is 36.4 Å². The van der Waals surface area contributed by atoms with E-state index in [1.54, 1.807) is 18.2 Å². The van der Waals surface area contributed by atoms with E-state index in [1.807, 2.05) is 6.92 Å². The Hall–Kier alpha value is -2.24. The molecule has 1 saturated heterocycles. The summed E-state index contributed by atoms with van der Waals surface area (Å²) in [6.45, 7) is 3.01. The average Bonchev–Trinajstić information content (AvgIpc) is 2.78. The van der Waals surface area contributed by atoms with Crippen LogP contribution in [0.3, 0.4) is 0 Å². The van der Waals surface area contributed by atoms with Gasteiger partial charge in [0.25, 0.3) is 5.91 Å². The van der Waals surface area contributed by atoms with Gasteiger partial charge in [-0.15, -0.1) is 0 Å². The standard InChI is InChI=1S/C13H18N4O2/c1-2-15-13(19)8-3-4-10(14)11(5-8)17-9-6-12(18)16-7-9/h3-5,9,17H,2,6-7,14H2,1H3,(H,15,19)(H,16,18). The number of hydrogen-bond acceptors (Lipinski definition) is 4. The van der Waals surface area contributed by atoms with E-state index < -0.39 is 0 Å². The Balaban J connectivity index is 2.13. The normalized spacial score (nSPS) is 17.9. The van der Waals surface area contributed by atoms with E-state index in [0.717, 1.165) is 0 Å². The van der Waals surface area contributed by atoms with Crippen molar-refractivity contribution in [2.24, 2.45) is 0 Å². The van der Waals surface area contributed by atoms with Crippen LogP contribution in [0, 0.1) is 0 Å². The monoisotopic (exact) mass is 262 g/mol. The quantitative estimate of drug-likeness (QED) is 0.587. The van der Waals surface area contributed by atoms with Gasteiger partial charge in [0.1, 0.15) is 0 Å². The number of benzene rings is 1. The molecule has 0 bridgehead atoms. The van der Waals surface area contributed by atoms with E-state index in [1.165, 1.54) is 0 Å². The van der Waals surface area contributed by atoms with Gasteiger partial charge in [0.05, 0.1) is 17.4 Å². The molecule has 102 valence electrons. The fourth-order valence-corrected chi connectivity index (χ4v) is 2.01. The summed E-state index contributed by atoms with van der Waals surface area (Å²) in [5.74, 6) is -0.109. The number of nitrogen functional groups attached to an aromatic ring is 1. The maximum atomic E-state index is 11.8. The summed E-state index contributed by atoms with van der Waals surface area (Å²) in [4.78, 5) is 22.9. The fourth-order valence-electron chi connectivity index (χ4n) is 2.01. The lowest BCUT2D eigenvalue weighted by Gasteiger charge is -2.15. The van der Waals surface area contributed by atoms with E-state index in [9.17, 15) is 9.59 Å². The topological polar surface area (TPSA) is 96.2 Å². The summed E-state index contributed by atoms with van der Waals surface area (Å²) in [5, 5.41) is 8.67. The van der Waals surface area contributed by atoms with Crippen molar-refractivity contribution in [2.75, 3.05) is 24.1 Å². The molecule has 1 atom stereocenters. The van der Waals surface area contributed by atoms with Gasteiger partial charge < -0.3 is 21.7 Å². The minimum absolute atomic E-state index is 0.0132. The highest BCUT2D eigenvalue weighted by Crippen LogP contribution is 2.22. The van der Waals surface area contributed by atoms with Crippen LogP contribution in [-0.2, 0) is 4.79 Å². The highest BCUT2D eigenvalue weighted by molar-refractivity contribution is 5.96. The molecule has 5 N–H and O–H groups in total. The van der Waals surface area contributed by atoms with E-state index in [-0.39, 0.29) is 17.9 Å². The lowest BCUT2D eigenvalue weighted by Crippen LogP contribution is -2.25. The SMILES string of the molecule is CCNC(=O)c1ccc(N)c(NC2CNC(=O)C2)c1. The zero-order valence-electron chi connectivity index (χ0n) is 10.8. The third-order valence-corrected chi connectivity index (χ3v) is 2.99. The first-order valence-corrected chi connectivity index (χ1v) is 6.31. The predicted octanol–water partition coefficient (Wildman–Crippen LogP) is 0.319. The van der Waals surface area contributed by atoms with Crippen molar-refractivity contribution in [2.45, 2.75) is 19.4 Å². The van der Waals surface area contributed by atoms with Gasteiger partial charge in [0.2, 0.25) is 5.91 Å². The van der Waals surface area contributed by atoms with Crippen molar-refractivity contribution in [3.8, 4) is 0 Å². The van der Waals surface area contributed by atoms with Crippen molar-refractivity contribution >= 4 is 23.2 Å². The van der Waals surface area contributed by atoms with E-state index in [4.69, 9.17) is 5.73 Å². The minimum atomic E-state index is -0.133. The molecular weight excluding hydrogens is 244 g/mol. The van der Waals surface area contributed by atoms with Gasteiger partial charge in [0.15, 0.2) is 0 Å². The number of rotatable bonds is 4. The van der Waals surface area contributed by atoms with Gasteiger partial charge in [0, 0.05) is 25.1 Å². The second-order valence-electron chi connectivity index (χ2n) is 4.51. The first kappa shape index (κ1) is 13.2. The first-order chi connectivity index (χ1) is 9.10. The third-order valence-electron chi connectivity index (χ3n) is 2.99. The molecule has 19 heavy (non-hydrogen) atoms. The number of carbonyl (C=O) groups is 2. The van der Waals surface area contributed by atoms with Crippen LogP contribution >= 0.6 is 0 Å². The molecule has 6 heteroatoms. The highest BCUT2D eigenvalue weighted by atomic mass is 16.2. The van der Waals surface area contributed by atoms with Crippen molar-refractivity contribution < 1.29 is 9.59 Å². The van der Waals surface area contributed by atoms with Crippen LogP contribution in [0.2, 0.25) is 0 Å². The van der Waals surface area contributed by atoms with Crippen molar-refractivity contribution in [1.82, 2.24) is 10.6 Å². The number of nitrogens with two attached hydrogens (primary N) is 1. The van der Waals surface area contributed by atoms with Gasteiger partial charge in [-0.05, 0) is 25.1 Å². The Labute approximate surface area is 111 Å². The van der Waals surface area contributed by atoms with Crippen LogP contribution in [0.15, 0.2) is 18.2 Å². The Kier molecular flexibility index (Phi) is 3.89. The van der Waals surface area contributed by atoms with Crippen LogP contribution in [-0.4, -0.2) is 30.9 Å². The highest BCUT2D eigenvalue weighted by Gasteiger charge is 2.21. The Morgan fingerprint density at radius 2 is 2.32 bits per heavy atom. The number of carbonyl (C=O) groups excluding carboxylic acids is 2. The molecule has 2 rings (SSSR count). The zero-order valence-corrected chi connectivity index (χ0v) is 10.8. The summed E-state index contributed by atoms with van der Waals surface area (Å²) >= 11 is 0. The molecule has 0 aromatic heterocycles. The Bertz CT molecular complexity index is 501. The maximum Gasteiger partial charge on any atom is 0.251 e. The minimum Gasteiger partial charge on any atom is -0.397 e. The molecule has 1 aliphatic rings. The van der Waals surface area contributed by atoms with Gasteiger partial charge in [-0.3, -0.25) is 9.59 Å². The second-order valence-corrected chi connectivity index (χ2v) is 4.51. The maximum absolute atomic E-state index is 11.8. The van der Waals surface area contributed by atoms with Crippen LogP contribution < -0.4 is 21.7 Å². The van der Waals surface area contributed by atoms with Crippen molar-refractivity contribution in [3.05, 3.63) is 23.8 Å². The molecule has 1 fully saturated rings. The van der Waals surface area contributed by atoms with Crippen LogP contribution in [0.25, 0.3) is 0 Å². The molecule has 6 nitrogen and oxygen atoms in total. The zero-order chi connectivity index (χ0) is 13.8. The molecule has 0 spiro atoms. The summed E-state index contributed by atoms with van der Waals surface area (Å²) in [7, 11) is 0. The first-order valence-electron chi connectivity index (χ1n) is 6.31. The van der Waals surface area contributed by atoms with Crippen molar-refractivity contribution in [3.63, 3.8) is 0 Å². The summed E-state index contributed by atoms with van der Waals surface area (Å²) in [5.41, 5.74) is 7.68. The van der Waals surface area contributed by atoms with E-state index >= 15 is 0 Å². The van der Waals surface area contributed by atoms with Crippen LogP contribution in [0.5, 0.6) is 0 Å². The predicted molar refractivity (Wildman–Crippen MR) is 73.9 cm³/mol. The summed E-state index contributed by atoms with van der Waals surface area (Å²) in [6.07, 6.45) is 0.421. The Morgan fingerprint density at radius 3 is 2.95 bits per heavy atom. The van der Waals surface area contributed by atoms with Gasteiger partial charge >= 0.3 is 0 Å². The molecule has 0 aliphatic carbocycles. The summed E-state index contributed by atoms with van der Waals surface area (Å²) in [6, 6.07) is 5.10. The largest absolute Gasteiger partial charge is 0.397 e. The fraction of sp³-hybridized carbons (Fsp3) is 0.385. The van der Waals surface area contributed by atoms with Gasteiger partial charge in [-0.25, -0.2) is 0 Å². The lowest BCUT2D eigenvalue weighted by atomic mass is 10.1. The number of amides is 2. The molecule has 1 heterocycles. The molecule has 1 aromatic rings. The van der Waals surface area contributed by atoms with Gasteiger partial charge in [-0.1, -0.05) is 0 Å². The van der Waals surface area contributed by atoms with Crippen LogP contribution in [0.4, 0.5) is 11.4 Å². The number of anilines is 2. The molecular formula is C13H18N4O2. The molecule has 0 radical (unpaired) electrons.